The lowest BCUT2D eigenvalue weighted by Gasteiger charge is -2.49. The lowest BCUT2D eigenvalue weighted by molar-refractivity contribution is -0.150. The van der Waals surface area contributed by atoms with Gasteiger partial charge >= 0.3 is 5.97 Å². The summed E-state index contributed by atoms with van der Waals surface area (Å²) < 4.78 is 9.97. The number of aliphatic carboxylic acids is 1. The minimum absolute atomic E-state index is 0.0556. The van der Waals surface area contributed by atoms with E-state index in [0.29, 0.717) is 11.3 Å². The van der Waals surface area contributed by atoms with Gasteiger partial charge in [-0.25, -0.2) is 9.78 Å². The number of hydrogen-bond donors (Lipinski definition) is 4. The summed E-state index contributed by atoms with van der Waals surface area (Å²) in [5, 5.41) is 29.0. The Kier molecular flexibility index (Phi) is 6.06. The van der Waals surface area contributed by atoms with Gasteiger partial charge in [0.05, 0.1) is 7.11 Å². The molecule has 2 aliphatic heterocycles. The van der Waals surface area contributed by atoms with E-state index < -0.39 is 34.9 Å². The molecule has 15 heteroatoms. The van der Waals surface area contributed by atoms with Gasteiger partial charge in [-0.2, -0.15) is 0 Å². The highest BCUT2D eigenvalue weighted by Crippen LogP contribution is 2.40. The number of amides is 2. The molecule has 1 saturated heterocycles. The Balaban J connectivity index is 1.51. The Morgan fingerprint density at radius 2 is 2.24 bits per heavy atom. The van der Waals surface area contributed by atoms with Gasteiger partial charge in [0.2, 0.25) is 0 Å². The number of nitrogen functional groups attached to an aromatic ring is 1. The summed E-state index contributed by atoms with van der Waals surface area (Å²) >= 11 is 2.32. The number of rotatable bonds is 7. The fraction of sp³-hybridized carbons (Fsp3) is 0.222. The molecule has 172 valence electrons. The molecule has 33 heavy (non-hydrogen) atoms. The van der Waals surface area contributed by atoms with Gasteiger partial charge in [0, 0.05) is 17.2 Å². The fourth-order valence-corrected chi connectivity index (χ4v) is 5.09. The van der Waals surface area contributed by atoms with Crippen molar-refractivity contribution in [1.29, 1.82) is 0 Å². The van der Waals surface area contributed by atoms with Crippen LogP contribution < -0.4 is 15.8 Å². The number of nitrogens with two attached hydrogens (primary N) is 1. The van der Waals surface area contributed by atoms with Crippen LogP contribution in [0.1, 0.15) is 11.5 Å². The maximum atomic E-state index is 12.8. The maximum absolute atomic E-state index is 12.8. The predicted octanol–water partition coefficient (Wildman–Crippen LogP) is 0.352. The number of aromatic nitrogens is 2. The third-order valence-corrected chi connectivity index (χ3v) is 6.71. The molecular formula is C18H16N6O7S2. The number of carboxylic acid groups (broad SMARTS) is 1. The summed E-state index contributed by atoms with van der Waals surface area (Å²) in [4.78, 5) is 42.2. The molecule has 0 aromatic carbocycles. The molecule has 0 spiro atoms. The van der Waals surface area contributed by atoms with Crippen molar-refractivity contribution in [1.82, 2.24) is 20.4 Å². The van der Waals surface area contributed by atoms with E-state index in [0.717, 1.165) is 16.2 Å². The molecule has 2 aliphatic rings. The average Bonchev–Trinajstić information content (AvgIpc) is 3.44. The standard InChI is InChI=1S/C18H16N6O7S2/c1-30-10-4-8(31-23-10)3-2-7-5-32-16-12(15(26)24(16)13(7)17(27)28)21-14(25)11(22-29)9-6-33-18(19)20-9/h2-4,6,12,16,29H,5H2,1H3,(H2,19,20)(H,21,25)(H,27,28)/b3-2+,22-11-. The first-order valence-corrected chi connectivity index (χ1v) is 11.1. The number of carbonyl (C=O) groups is 3. The number of carbonyl (C=O) groups excluding carboxylic acids is 2. The van der Waals surface area contributed by atoms with Crippen LogP contribution in [0.15, 0.2) is 38.5 Å². The fourth-order valence-electron chi connectivity index (χ4n) is 3.22. The van der Waals surface area contributed by atoms with Crippen LogP contribution in [-0.4, -0.2) is 73.1 Å². The summed E-state index contributed by atoms with van der Waals surface area (Å²) in [6.07, 6.45) is 3.04. The minimum atomic E-state index is -1.29. The van der Waals surface area contributed by atoms with E-state index in [1.165, 1.54) is 42.5 Å². The van der Waals surface area contributed by atoms with E-state index in [2.05, 4.69) is 20.6 Å². The van der Waals surface area contributed by atoms with Gasteiger partial charge in [0.1, 0.15) is 22.8 Å². The third-order valence-electron chi connectivity index (χ3n) is 4.73. The van der Waals surface area contributed by atoms with Crippen molar-refractivity contribution in [2.45, 2.75) is 11.4 Å². The van der Waals surface area contributed by atoms with Gasteiger partial charge < -0.3 is 30.6 Å². The molecule has 4 rings (SSSR count). The van der Waals surface area contributed by atoms with Crippen molar-refractivity contribution in [3.8, 4) is 5.88 Å². The highest BCUT2D eigenvalue weighted by molar-refractivity contribution is 8.00. The maximum Gasteiger partial charge on any atom is 0.352 e. The van der Waals surface area contributed by atoms with Crippen LogP contribution in [0.5, 0.6) is 5.88 Å². The van der Waals surface area contributed by atoms with Gasteiger partial charge in [0.25, 0.3) is 17.7 Å². The summed E-state index contributed by atoms with van der Waals surface area (Å²) in [7, 11) is 1.43. The van der Waals surface area contributed by atoms with Crippen LogP contribution in [0, 0.1) is 0 Å². The Labute approximate surface area is 193 Å². The number of nitrogens with zero attached hydrogens (tertiary/aromatic N) is 4. The first-order chi connectivity index (χ1) is 15.8. The van der Waals surface area contributed by atoms with Crippen molar-refractivity contribution in [3.05, 3.63) is 40.2 Å². The lowest BCUT2D eigenvalue weighted by atomic mass is 10.0. The average molecular weight is 492 g/mol. The van der Waals surface area contributed by atoms with E-state index in [1.54, 1.807) is 0 Å². The number of carboxylic acids is 1. The summed E-state index contributed by atoms with van der Waals surface area (Å²) in [6, 6.07) is 0.515. The van der Waals surface area contributed by atoms with Crippen molar-refractivity contribution >= 4 is 57.8 Å². The van der Waals surface area contributed by atoms with E-state index in [1.807, 2.05) is 0 Å². The molecule has 0 saturated carbocycles. The second kappa shape index (κ2) is 8.95. The van der Waals surface area contributed by atoms with Gasteiger partial charge in [-0.15, -0.1) is 23.1 Å². The largest absolute Gasteiger partial charge is 0.479 e. The number of fused-ring (bicyclic) bond motifs is 1. The summed E-state index contributed by atoms with van der Waals surface area (Å²) in [6.45, 7) is 0. The Bertz CT molecular complexity index is 1220. The summed E-state index contributed by atoms with van der Waals surface area (Å²) in [5.41, 5.74) is 5.38. The number of methoxy groups -OCH3 is 1. The van der Waals surface area contributed by atoms with Gasteiger partial charge in [-0.05, 0) is 16.8 Å². The minimum Gasteiger partial charge on any atom is -0.479 e. The molecule has 2 aromatic rings. The molecule has 5 N–H and O–H groups in total. The second-order valence-corrected chi connectivity index (χ2v) is 8.66. The zero-order valence-electron chi connectivity index (χ0n) is 16.8. The molecule has 1 fully saturated rings. The van der Waals surface area contributed by atoms with Gasteiger partial charge in [-0.1, -0.05) is 11.2 Å². The zero-order chi connectivity index (χ0) is 23.7. The highest BCUT2D eigenvalue weighted by atomic mass is 32.2. The highest BCUT2D eigenvalue weighted by Gasteiger charge is 2.54. The van der Waals surface area contributed by atoms with Crippen molar-refractivity contribution in [2.24, 2.45) is 5.16 Å². The predicted molar refractivity (Wildman–Crippen MR) is 117 cm³/mol. The van der Waals surface area contributed by atoms with Crippen molar-refractivity contribution in [2.75, 3.05) is 18.6 Å². The first-order valence-electron chi connectivity index (χ1n) is 9.18. The topological polar surface area (TPSA) is 193 Å². The van der Waals surface area contributed by atoms with Crippen molar-refractivity contribution in [3.63, 3.8) is 0 Å². The number of anilines is 1. The van der Waals surface area contributed by atoms with E-state index in [4.69, 9.17) is 15.0 Å². The molecule has 2 unspecified atom stereocenters. The first kappa shape index (κ1) is 22.3. The number of hydrogen-bond acceptors (Lipinski definition) is 12. The molecule has 0 aliphatic carbocycles. The Morgan fingerprint density at radius 1 is 1.45 bits per heavy atom. The number of thioether (sulfide) groups is 1. The third kappa shape index (κ3) is 4.14. The van der Waals surface area contributed by atoms with Crippen LogP contribution >= 0.6 is 23.1 Å². The lowest BCUT2D eigenvalue weighted by Crippen LogP contribution is -2.71. The second-order valence-electron chi connectivity index (χ2n) is 6.66. The van der Waals surface area contributed by atoms with E-state index in [9.17, 15) is 24.7 Å². The van der Waals surface area contributed by atoms with Crippen molar-refractivity contribution < 1.29 is 34.0 Å². The molecule has 13 nitrogen and oxygen atoms in total. The van der Waals surface area contributed by atoms with Crippen LogP contribution in [0.3, 0.4) is 0 Å². The Morgan fingerprint density at radius 3 is 2.85 bits per heavy atom. The van der Waals surface area contributed by atoms with E-state index in [-0.39, 0.29) is 28.2 Å². The summed E-state index contributed by atoms with van der Waals surface area (Å²) in [5.74, 6) is -1.87. The van der Waals surface area contributed by atoms with Gasteiger partial charge in [0.15, 0.2) is 16.6 Å². The number of ether oxygens (including phenoxy) is 1. The molecule has 0 radical (unpaired) electrons. The number of nitrogens with one attached hydrogen (secondary N) is 1. The van der Waals surface area contributed by atoms with Crippen LogP contribution in [0.2, 0.25) is 0 Å². The molecule has 2 amide bonds. The molecule has 2 atom stereocenters. The Hall–Kier alpha value is -3.85. The number of oxime groups is 1. The SMILES string of the molecule is COc1cc(/C=C/C2=C(C(=O)O)N3C(=O)C(NC(=O)/C(=N\O)c4csc(N)n4)C3SC2)on1. The molecule has 2 aromatic heterocycles. The zero-order valence-corrected chi connectivity index (χ0v) is 18.4. The smallest absolute Gasteiger partial charge is 0.352 e. The molecule has 4 heterocycles. The van der Waals surface area contributed by atoms with Crippen LogP contribution in [0.25, 0.3) is 6.08 Å². The molecule has 0 bridgehead atoms. The van der Waals surface area contributed by atoms with Crippen LogP contribution in [-0.2, 0) is 14.4 Å². The molecular weight excluding hydrogens is 476 g/mol. The number of β-lactam (4-membered cyclic amide) rings is 1. The number of allylic oxidation sites excluding steroid dienone is 1. The monoisotopic (exact) mass is 492 g/mol. The van der Waals surface area contributed by atoms with E-state index >= 15 is 0 Å². The normalized spacial score (nSPS) is 20.6. The van der Waals surface area contributed by atoms with Crippen LogP contribution in [0.4, 0.5) is 5.13 Å². The quantitative estimate of drug-likeness (QED) is 0.180. The number of thiazole rings is 1. The van der Waals surface area contributed by atoms with Gasteiger partial charge in [-0.3, -0.25) is 14.5 Å².